The van der Waals surface area contributed by atoms with E-state index >= 15 is 0 Å². The number of rotatable bonds is 0. The van der Waals surface area contributed by atoms with E-state index in [0.717, 1.165) is 0 Å². The Morgan fingerprint density at radius 3 is 1.20 bits per heavy atom. The van der Waals surface area contributed by atoms with Crippen LogP contribution in [0.1, 0.15) is 0 Å². The Morgan fingerprint density at radius 2 is 1.20 bits per heavy atom. The van der Waals surface area contributed by atoms with Crippen LogP contribution in [0.2, 0.25) is 0 Å². The molecule has 0 fully saturated rings. The normalized spacial score (nSPS) is 1.60. The van der Waals surface area contributed by atoms with Crippen LogP contribution >= 0.6 is 0 Å². The van der Waals surface area contributed by atoms with Crippen molar-refractivity contribution in [1.82, 2.24) is 0 Å². The van der Waals surface area contributed by atoms with Gasteiger partial charge in [-0.2, -0.15) is 9.59 Å². The molecular weight excluding hydrogens is 61.8 g/mol. The van der Waals surface area contributed by atoms with Crippen molar-refractivity contribution in [2.75, 3.05) is 0 Å². The molecule has 0 aromatic carbocycles. The van der Waals surface area contributed by atoms with Crippen LogP contribution in [0.15, 0.2) is 0 Å². The van der Waals surface area contributed by atoms with E-state index in [9.17, 15) is 0 Å². The maximum Gasteiger partial charge on any atom is 1.00 e. The predicted molar refractivity (Wildman–Crippen MR) is 16.3 cm³/mol. The second kappa shape index (κ2) is 34.4. The molecular formula is CH4BLiO2. The molecule has 2 nitrogen and oxygen atoms in total. The van der Waals surface area contributed by atoms with Crippen LogP contribution in [0.3, 0.4) is 0 Å². The molecule has 0 bridgehead atoms. The molecule has 0 spiro atoms. The van der Waals surface area contributed by atoms with Crippen molar-refractivity contribution in [2.24, 2.45) is 0 Å². The summed E-state index contributed by atoms with van der Waals surface area (Å²) in [5, 5.41) is 0. The molecule has 0 heterocycles. The molecule has 0 aliphatic rings. The summed E-state index contributed by atoms with van der Waals surface area (Å²) in [6, 6.07) is 0. The number of hydrogen-bond acceptors (Lipinski definition) is 2. The van der Waals surface area contributed by atoms with Crippen LogP contribution in [-0.2, 0) is 9.59 Å². The van der Waals surface area contributed by atoms with E-state index in [2.05, 4.69) is 0 Å². The largest absolute Gasteiger partial charge is 1.00 e. The van der Waals surface area contributed by atoms with Crippen LogP contribution in [0.5, 0.6) is 0 Å². The molecule has 5 heavy (non-hydrogen) atoms. The summed E-state index contributed by atoms with van der Waals surface area (Å²) in [6.07, 6.45) is 0.250. The summed E-state index contributed by atoms with van der Waals surface area (Å²) in [5.41, 5.74) is 0. The summed E-state index contributed by atoms with van der Waals surface area (Å²) >= 11 is 0. The van der Waals surface area contributed by atoms with E-state index in [0.29, 0.717) is 0 Å². The molecule has 24 valence electrons. The third kappa shape index (κ3) is 9410. The minimum absolute atomic E-state index is 0. The van der Waals surface area contributed by atoms with E-state index in [1.807, 2.05) is 0 Å². The minimum Gasteiger partial charge on any atom is -0.186 e. The smallest absolute Gasteiger partial charge is 0.186 e. The van der Waals surface area contributed by atoms with Gasteiger partial charge in [0, 0.05) is 0 Å². The van der Waals surface area contributed by atoms with Crippen molar-refractivity contribution in [3.8, 4) is 0 Å². The molecule has 0 aliphatic carbocycles. The molecule has 0 N–H and O–H groups in total. The van der Waals surface area contributed by atoms with Crippen molar-refractivity contribution in [2.45, 2.75) is 0 Å². The van der Waals surface area contributed by atoms with Gasteiger partial charge in [-0.1, -0.05) is 8.41 Å². The van der Waals surface area contributed by atoms with Crippen LogP contribution < -0.4 is 18.9 Å². The number of hydrogen-bond donors (Lipinski definition) is 0. The second-order valence-electron chi connectivity index (χ2n) is 0.0833. The zero-order chi connectivity index (χ0) is 2.71. The zero-order valence-corrected chi connectivity index (χ0v) is 2.32. The average Bonchev–Trinajstić information content (AvgIpc) is 0.918. The third-order valence-electron chi connectivity index (χ3n) is 0. The maximum atomic E-state index is 8.12. The number of carbonyl (C=O) groups excluding carboxylic acids is 2. The van der Waals surface area contributed by atoms with Gasteiger partial charge in [0.25, 0.3) is 0 Å². The quantitative estimate of drug-likeness (QED) is 0.265. The molecule has 0 saturated heterocycles. The van der Waals surface area contributed by atoms with Crippen molar-refractivity contribution >= 4 is 14.6 Å². The van der Waals surface area contributed by atoms with Gasteiger partial charge < -0.3 is 0 Å². The van der Waals surface area contributed by atoms with Crippen LogP contribution in [0.25, 0.3) is 0 Å². The fourth-order valence-corrected chi connectivity index (χ4v) is 0. The second-order valence-corrected chi connectivity index (χ2v) is 0.0833. The Labute approximate surface area is 43.7 Å². The fourth-order valence-electron chi connectivity index (χ4n) is 0. The standard InChI is InChI=1S/CO2.BH4.Li/c2-1-3;;/h;1H4;/q;-1;+1. The fraction of sp³-hybridized carbons (Fsp3) is 0. The van der Waals surface area contributed by atoms with Gasteiger partial charge in [-0.25, -0.2) is 0 Å². The minimum atomic E-state index is 0. The van der Waals surface area contributed by atoms with Crippen LogP contribution in [-0.4, -0.2) is 14.6 Å². The third-order valence-corrected chi connectivity index (χ3v) is 0. The first kappa shape index (κ1) is 19.8. The summed E-state index contributed by atoms with van der Waals surface area (Å²) in [4.78, 5) is 16.2. The Morgan fingerprint density at radius 1 is 1.20 bits per heavy atom. The van der Waals surface area contributed by atoms with Crippen molar-refractivity contribution in [3.63, 3.8) is 0 Å². The van der Waals surface area contributed by atoms with Gasteiger partial charge in [-0.3, -0.25) is 0 Å². The van der Waals surface area contributed by atoms with E-state index in [1.165, 1.54) is 0 Å². The SMILES string of the molecule is O=C=O.[BH4-].[Li+]. The first-order valence-corrected chi connectivity index (χ1v) is 0.408. The van der Waals surface area contributed by atoms with Crippen LogP contribution in [0.4, 0.5) is 0 Å². The van der Waals surface area contributed by atoms with Gasteiger partial charge in [0.05, 0.1) is 0 Å². The predicted octanol–water partition coefficient (Wildman–Crippen LogP) is -5.03. The Hall–Kier alpha value is 0.0423. The molecule has 0 aromatic rings. The molecule has 0 saturated carbocycles. The van der Waals surface area contributed by atoms with Gasteiger partial charge in [-0.15, -0.1) is 0 Å². The molecule has 0 radical (unpaired) electrons. The molecule has 0 amide bonds. The Kier molecular flexibility index (Phi) is 136. The van der Waals surface area contributed by atoms with Gasteiger partial charge in [0.15, 0.2) is 0 Å². The molecule has 0 rings (SSSR count). The van der Waals surface area contributed by atoms with Gasteiger partial charge >= 0.3 is 25.0 Å². The van der Waals surface area contributed by atoms with E-state index in [-0.39, 0.29) is 33.4 Å². The van der Waals surface area contributed by atoms with E-state index < -0.39 is 0 Å². The summed E-state index contributed by atoms with van der Waals surface area (Å²) < 4.78 is 0. The van der Waals surface area contributed by atoms with Gasteiger partial charge in [0.2, 0.25) is 0 Å². The van der Waals surface area contributed by atoms with Gasteiger partial charge in [-0.05, 0) is 0 Å². The van der Waals surface area contributed by atoms with Crippen molar-refractivity contribution in [3.05, 3.63) is 0 Å². The summed E-state index contributed by atoms with van der Waals surface area (Å²) in [5.74, 6) is 0. The molecule has 0 atom stereocenters. The summed E-state index contributed by atoms with van der Waals surface area (Å²) in [6.45, 7) is 0. The van der Waals surface area contributed by atoms with E-state index in [1.54, 1.807) is 0 Å². The Balaban J connectivity index is -0.0000000200. The van der Waals surface area contributed by atoms with Crippen molar-refractivity contribution in [1.29, 1.82) is 0 Å². The van der Waals surface area contributed by atoms with Crippen molar-refractivity contribution < 1.29 is 28.4 Å². The molecule has 0 aliphatic heterocycles. The zero-order valence-electron chi connectivity index (χ0n) is 2.32. The topological polar surface area (TPSA) is 34.1 Å². The molecule has 0 aromatic heterocycles. The van der Waals surface area contributed by atoms with Crippen LogP contribution in [0, 0.1) is 0 Å². The van der Waals surface area contributed by atoms with Gasteiger partial charge in [0.1, 0.15) is 0 Å². The Bertz CT molecular complexity index is 30.6. The first-order chi connectivity index (χ1) is 1.41. The van der Waals surface area contributed by atoms with E-state index in [4.69, 9.17) is 9.59 Å². The molecule has 0 unspecified atom stereocenters. The monoisotopic (exact) mass is 66.0 g/mol. The first-order valence-electron chi connectivity index (χ1n) is 0.408. The molecule has 4 heteroatoms. The summed E-state index contributed by atoms with van der Waals surface area (Å²) in [7, 11) is 0. The maximum absolute atomic E-state index is 8.12. The average molecular weight is 65.8 g/mol.